The number of hydrogen-bond donors (Lipinski definition) is 4. The number of unbranched alkanes of at least 4 members (excludes halogenated alkanes) is 1. The number of carboxylic acids is 1. The summed E-state index contributed by atoms with van der Waals surface area (Å²) in [4.78, 5) is 10.8. The summed E-state index contributed by atoms with van der Waals surface area (Å²) in [6.07, 6.45) is 0.981. The van der Waals surface area contributed by atoms with Gasteiger partial charge in [0.1, 0.15) is 19.1 Å². The van der Waals surface area contributed by atoms with Gasteiger partial charge in [-0.3, -0.25) is 4.90 Å². The molecule has 0 aliphatic heterocycles. The molecule has 0 aliphatic rings. The third kappa shape index (κ3) is 11.4. The summed E-state index contributed by atoms with van der Waals surface area (Å²) in [6, 6.07) is 0. The molecule has 0 amide bonds. The fourth-order valence-corrected chi connectivity index (χ4v) is 1.03. The highest BCUT2D eigenvalue weighted by molar-refractivity contribution is 5.67. The summed E-state index contributed by atoms with van der Waals surface area (Å²) >= 11 is 0. The molecule has 98 valence electrons. The van der Waals surface area contributed by atoms with E-state index < -0.39 is 25.0 Å². The van der Waals surface area contributed by atoms with Crippen molar-refractivity contribution in [2.24, 2.45) is 0 Å². The van der Waals surface area contributed by atoms with Crippen LogP contribution in [0, 0.1) is 0 Å². The molecule has 6 heteroatoms. The molecule has 2 atom stereocenters. The van der Waals surface area contributed by atoms with Crippen LogP contribution >= 0.6 is 0 Å². The van der Waals surface area contributed by atoms with Crippen LogP contribution in [-0.2, 0) is 4.79 Å². The Morgan fingerprint density at radius 1 is 1.25 bits per heavy atom. The SMILES string of the molecule is CCCCN(C(C)O)C(C)O.O=C(O)CO. The molecule has 0 aromatic carbocycles. The molecular formula is C10H23NO5. The maximum Gasteiger partial charge on any atom is 0.329 e. The second-order valence-corrected chi connectivity index (χ2v) is 3.41. The van der Waals surface area contributed by atoms with Gasteiger partial charge < -0.3 is 20.4 Å². The van der Waals surface area contributed by atoms with Crippen LogP contribution in [0.4, 0.5) is 0 Å². The molecule has 0 aromatic rings. The minimum atomic E-state index is -1.19. The molecule has 0 fully saturated rings. The average Bonchev–Trinajstić information content (AvgIpc) is 2.18. The van der Waals surface area contributed by atoms with Crippen LogP contribution in [0.5, 0.6) is 0 Å². The van der Waals surface area contributed by atoms with Crippen LogP contribution < -0.4 is 0 Å². The number of rotatable bonds is 6. The van der Waals surface area contributed by atoms with E-state index in [9.17, 15) is 10.2 Å². The lowest BCUT2D eigenvalue weighted by Gasteiger charge is -2.27. The molecule has 2 unspecified atom stereocenters. The van der Waals surface area contributed by atoms with Gasteiger partial charge in [-0.15, -0.1) is 0 Å². The van der Waals surface area contributed by atoms with Crippen molar-refractivity contribution in [3.63, 3.8) is 0 Å². The van der Waals surface area contributed by atoms with Crippen LogP contribution in [-0.4, -0.2) is 56.9 Å². The van der Waals surface area contributed by atoms with Crippen LogP contribution in [0.2, 0.25) is 0 Å². The monoisotopic (exact) mass is 237 g/mol. The second kappa shape index (κ2) is 10.8. The highest BCUT2D eigenvalue weighted by Gasteiger charge is 2.14. The Kier molecular flexibility index (Phi) is 12.0. The van der Waals surface area contributed by atoms with E-state index in [-0.39, 0.29) is 0 Å². The van der Waals surface area contributed by atoms with Gasteiger partial charge in [-0.2, -0.15) is 0 Å². The molecule has 6 nitrogen and oxygen atoms in total. The molecule has 0 saturated heterocycles. The lowest BCUT2D eigenvalue weighted by molar-refractivity contribution is -0.140. The van der Waals surface area contributed by atoms with Crippen molar-refractivity contribution in [2.45, 2.75) is 46.1 Å². The molecule has 0 aliphatic carbocycles. The van der Waals surface area contributed by atoms with E-state index in [1.165, 1.54) is 0 Å². The number of aliphatic carboxylic acids is 1. The molecule has 4 N–H and O–H groups in total. The predicted octanol–water partition coefficient (Wildman–Crippen LogP) is -0.172. The van der Waals surface area contributed by atoms with Crippen molar-refractivity contribution in [2.75, 3.05) is 13.2 Å². The largest absolute Gasteiger partial charge is 0.480 e. The molecule has 0 saturated carbocycles. The Morgan fingerprint density at radius 2 is 1.62 bits per heavy atom. The third-order valence-electron chi connectivity index (χ3n) is 1.87. The number of nitrogens with zero attached hydrogens (tertiary/aromatic N) is 1. The van der Waals surface area contributed by atoms with E-state index in [2.05, 4.69) is 6.92 Å². The van der Waals surface area contributed by atoms with Gasteiger partial charge in [0.05, 0.1) is 0 Å². The Morgan fingerprint density at radius 3 is 1.81 bits per heavy atom. The third-order valence-corrected chi connectivity index (χ3v) is 1.87. The minimum Gasteiger partial charge on any atom is -0.480 e. The van der Waals surface area contributed by atoms with E-state index in [0.29, 0.717) is 0 Å². The van der Waals surface area contributed by atoms with E-state index in [4.69, 9.17) is 15.0 Å². The molecular weight excluding hydrogens is 214 g/mol. The highest BCUT2D eigenvalue weighted by atomic mass is 16.4. The number of aliphatic hydroxyl groups is 3. The van der Waals surface area contributed by atoms with Gasteiger partial charge in [-0.05, 0) is 20.3 Å². The van der Waals surface area contributed by atoms with E-state index in [0.717, 1.165) is 19.4 Å². The van der Waals surface area contributed by atoms with E-state index >= 15 is 0 Å². The topological polar surface area (TPSA) is 101 Å². The molecule has 0 radical (unpaired) electrons. The quantitative estimate of drug-likeness (QED) is 0.478. The van der Waals surface area contributed by atoms with Crippen LogP contribution in [0.1, 0.15) is 33.6 Å². The lowest BCUT2D eigenvalue weighted by atomic mass is 10.3. The van der Waals surface area contributed by atoms with Crippen LogP contribution in [0.15, 0.2) is 0 Å². The highest BCUT2D eigenvalue weighted by Crippen LogP contribution is 2.03. The van der Waals surface area contributed by atoms with Gasteiger partial charge in [0.2, 0.25) is 0 Å². The Balaban J connectivity index is 0. The first-order chi connectivity index (χ1) is 7.36. The van der Waals surface area contributed by atoms with Gasteiger partial charge in [-0.25, -0.2) is 4.79 Å². The number of carbonyl (C=O) groups is 1. The molecule has 16 heavy (non-hydrogen) atoms. The maximum absolute atomic E-state index is 9.18. The molecule has 0 spiro atoms. The van der Waals surface area contributed by atoms with Crippen LogP contribution in [0.3, 0.4) is 0 Å². The molecule has 0 aromatic heterocycles. The van der Waals surface area contributed by atoms with Gasteiger partial charge in [0.25, 0.3) is 0 Å². The van der Waals surface area contributed by atoms with Gasteiger partial charge >= 0.3 is 5.97 Å². The van der Waals surface area contributed by atoms with Gasteiger partial charge in [0, 0.05) is 6.54 Å². The normalized spacial score (nSPS) is 13.9. The standard InChI is InChI=1S/C8H19NO2.C2H4O3/c1-4-5-6-9(7(2)10)8(3)11;3-1-2(4)5/h7-8,10-11H,4-6H2,1-3H3;3H,1H2,(H,4,5). The predicted molar refractivity (Wildman–Crippen MR) is 59.7 cm³/mol. The summed E-state index contributed by atoms with van der Waals surface area (Å²) in [6.45, 7) is 5.40. The molecule has 0 heterocycles. The van der Waals surface area contributed by atoms with Crippen molar-refractivity contribution >= 4 is 5.97 Å². The smallest absolute Gasteiger partial charge is 0.329 e. The number of aliphatic hydroxyl groups excluding tert-OH is 3. The first kappa shape index (κ1) is 17.7. The van der Waals surface area contributed by atoms with E-state index in [1.54, 1.807) is 18.7 Å². The second-order valence-electron chi connectivity index (χ2n) is 3.41. The van der Waals surface area contributed by atoms with Crippen molar-refractivity contribution in [1.82, 2.24) is 4.90 Å². The zero-order valence-corrected chi connectivity index (χ0v) is 10.1. The summed E-state index contributed by atoms with van der Waals surface area (Å²) < 4.78 is 0. The van der Waals surface area contributed by atoms with Crippen molar-refractivity contribution in [3.05, 3.63) is 0 Å². The fourth-order valence-electron chi connectivity index (χ4n) is 1.03. The van der Waals surface area contributed by atoms with Crippen molar-refractivity contribution < 1.29 is 25.2 Å². The zero-order chi connectivity index (χ0) is 13.1. The summed E-state index contributed by atoms with van der Waals surface area (Å²) in [5.74, 6) is -1.19. The van der Waals surface area contributed by atoms with Gasteiger partial charge in [0.15, 0.2) is 0 Å². The Labute approximate surface area is 96.1 Å². The Hall–Kier alpha value is -0.690. The molecule has 0 bridgehead atoms. The first-order valence-corrected chi connectivity index (χ1v) is 5.31. The number of hydrogen-bond acceptors (Lipinski definition) is 5. The summed E-state index contributed by atoms with van der Waals surface area (Å²) in [7, 11) is 0. The van der Waals surface area contributed by atoms with Crippen molar-refractivity contribution in [1.29, 1.82) is 0 Å². The van der Waals surface area contributed by atoms with Crippen molar-refractivity contribution in [3.8, 4) is 0 Å². The van der Waals surface area contributed by atoms with E-state index in [1.807, 2.05) is 0 Å². The van der Waals surface area contributed by atoms with Gasteiger partial charge in [-0.1, -0.05) is 13.3 Å². The summed E-state index contributed by atoms with van der Waals surface area (Å²) in [5, 5.41) is 33.4. The first-order valence-electron chi connectivity index (χ1n) is 5.31. The lowest BCUT2D eigenvalue weighted by Crippen LogP contribution is -2.40. The minimum absolute atomic E-state index is 0.554. The number of carboxylic acid groups (broad SMARTS) is 1. The van der Waals surface area contributed by atoms with Crippen LogP contribution in [0.25, 0.3) is 0 Å². The maximum atomic E-state index is 9.18. The fraction of sp³-hybridized carbons (Fsp3) is 0.900. The zero-order valence-electron chi connectivity index (χ0n) is 10.1. The summed E-state index contributed by atoms with van der Waals surface area (Å²) in [5.41, 5.74) is 0. The Bertz CT molecular complexity index is 165. The molecule has 0 rings (SSSR count). The average molecular weight is 237 g/mol.